The predicted molar refractivity (Wildman–Crippen MR) is 360 cm³/mol. The molecule has 5 aliphatic heterocycles. The van der Waals surface area contributed by atoms with E-state index in [0.29, 0.717) is 0 Å². The summed E-state index contributed by atoms with van der Waals surface area (Å²) in [6.07, 6.45) is 29.0. The smallest absolute Gasteiger partial charge is 0.0927 e. The molecule has 4 atom stereocenters. The molecule has 6 N–H and O–H groups in total. The highest BCUT2D eigenvalue weighted by atomic mass is 32.2. The molecule has 8 nitrogen and oxygen atoms in total. The van der Waals surface area contributed by atoms with Crippen molar-refractivity contribution in [3.05, 3.63) is 208 Å². The number of aromatic nitrogens is 6. The van der Waals surface area contributed by atoms with Crippen LogP contribution in [-0.2, 0) is 38.5 Å². The second-order valence-electron chi connectivity index (χ2n) is 24.7. The fraction of sp³-hybridized carbons (Fsp3) is 0.368. The van der Waals surface area contributed by atoms with Gasteiger partial charge in [0.25, 0.3) is 0 Å². The van der Waals surface area contributed by atoms with Gasteiger partial charge >= 0.3 is 0 Å². The highest BCUT2D eigenvalue weighted by Crippen LogP contribution is 2.55. The lowest BCUT2D eigenvalue weighted by Gasteiger charge is -2.25. The van der Waals surface area contributed by atoms with Crippen LogP contribution in [0, 0.1) is 41.5 Å². The van der Waals surface area contributed by atoms with E-state index in [1.807, 2.05) is 11.8 Å². The summed E-state index contributed by atoms with van der Waals surface area (Å²) >= 11 is 2.05. The zero-order valence-corrected chi connectivity index (χ0v) is 54.0. The van der Waals surface area contributed by atoms with Gasteiger partial charge in [0, 0.05) is 82.1 Å². The number of nitrogens with zero attached hydrogens (tertiary/aromatic N) is 2. The number of benzene rings is 1. The van der Waals surface area contributed by atoms with E-state index in [0.717, 1.165) is 95.6 Å². The second-order valence-corrected chi connectivity index (χ2v) is 25.8. The summed E-state index contributed by atoms with van der Waals surface area (Å²) < 4.78 is 0. The summed E-state index contributed by atoms with van der Waals surface area (Å²) in [5.74, 6) is 0.128. The Balaban J connectivity index is 1.06. The lowest BCUT2D eigenvalue weighted by molar-refractivity contribution is 0.859. The minimum atomic E-state index is -0.108. The first kappa shape index (κ1) is 56.6. The lowest BCUT2D eigenvalue weighted by Crippen LogP contribution is -2.26. The Morgan fingerprint density at radius 1 is 0.435 bits per heavy atom. The van der Waals surface area contributed by atoms with Crippen LogP contribution in [0.4, 0.5) is 0 Å². The molecule has 4 unspecified atom stereocenters. The summed E-state index contributed by atoms with van der Waals surface area (Å²) in [6.45, 7) is 36.9. The molecule has 9 heteroatoms. The molecule has 6 aromatic heterocycles. The van der Waals surface area contributed by atoms with Gasteiger partial charge in [-0.1, -0.05) is 91.8 Å². The molecule has 11 heterocycles. The van der Waals surface area contributed by atoms with E-state index in [4.69, 9.17) is 9.98 Å². The number of thioether (sulfide) groups is 1. The number of aromatic amines is 6. The Kier molecular flexibility index (Phi) is 14.5. The molecule has 0 amide bonds. The average molecular weight is 1140 g/mol. The molecule has 6 aliphatic rings. The van der Waals surface area contributed by atoms with Crippen molar-refractivity contribution < 1.29 is 0 Å². The molecule has 0 saturated heterocycles. The topological polar surface area (TPSA) is 119 Å². The summed E-state index contributed by atoms with van der Waals surface area (Å²) in [6, 6.07) is 6.92. The first-order valence-electron chi connectivity index (χ1n) is 32.0. The third-order valence-corrected chi connectivity index (χ3v) is 22.1. The monoisotopic (exact) mass is 1140 g/mol. The van der Waals surface area contributed by atoms with E-state index in [9.17, 15) is 0 Å². The van der Waals surface area contributed by atoms with E-state index in [2.05, 4.69) is 214 Å². The molecule has 1 aliphatic carbocycles. The van der Waals surface area contributed by atoms with Crippen molar-refractivity contribution >= 4 is 70.8 Å². The molecular weight excluding hydrogens is 1060 g/mol. The Labute approximate surface area is 505 Å². The first-order chi connectivity index (χ1) is 41.1. The normalized spacial score (nSPS) is 21.1. The molecule has 85 heavy (non-hydrogen) atoms. The summed E-state index contributed by atoms with van der Waals surface area (Å²) in [4.78, 5) is 37.3. The largest absolute Gasteiger partial charge is 0.355 e. The van der Waals surface area contributed by atoms with Crippen LogP contribution in [0.5, 0.6) is 0 Å². The minimum absolute atomic E-state index is 0.0789. The molecule has 7 aromatic rings. The van der Waals surface area contributed by atoms with Gasteiger partial charge in [-0.15, -0.1) is 11.8 Å². The zero-order valence-electron chi connectivity index (χ0n) is 53.2. The Hall–Kier alpha value is -7.49. The molecule has 16 bridgehead atoms. The van der Waals surface area contributed by atoms with Crippen LogP contribution in [0.3, 0.4) is 0 Å². The van der Waals surface area contributed by atoms with Crippen molar-refractivity contribution in [2.24, 2.45) is 9.98 Å². The zero-order chi connectivity index (χ0) is 59.6. The van der Waals surface area contributed by atoms with Crippen LogP contribution in [0.15, 0.2) is 79.2 Å². The molecule has 13 rings (SSSR count). The van der Waals surface area contributed by atoms with Crippen LogP contribution in [-0.4, -0.2) is 58.7 Å². The number of rotatable bonds is 10. The summed E-state index contributed by atoms with van der Waals surface area (Å²) in [5, 5.41) is 9.41. The van der Waals surface area contributed by atoms with Gasteiger partial charge in [-0.05, 0) is 249 Å². The number of hydrogen-bond donors (Lipinski definition) is 6. The maximum Gasteiger partial charge on any atom is 0.0927 e. The maximum atomic E-state index is 5.94. The van der Waals surface area contributed by atoms with Crippen LogP contribution in [0.1, 0.15) is 189 Å². The van der Waals surface area contributed by atoms with E-state index in [1.165, 1.54) is 155 Å². The molecule has 0 spiro atoms. The molecule has 436 valence electrons. The second kappa shape index (κ2) is 21.8. The van der Waals surface area contributed by atoms with Gasteiger partial charge in [0.05, 0.1) is 34.2 Å². The van der Waals surface area contributed by atoms with E-state index in [1.54, 1.807) is 0 Å². The number of H-pyrrole nitrogens is 6. The van der Waals surface area contributed by atoms with E-state index < -0.39 is 0 Å². The highest BCUT2D eigenvalue weighted by molar-refractivity contribution is 8.00. The Morgan fingerprint density at radius 2 is 0.871 bits per heavy atom. The molecule has 1 aromatic carbocycles. The van der Waals surface area contributed by atoms with Gasteiger partial charge in [0.2, 0.25) is 0 Å². The number of allylic oxidation sites excluding steroid dienone is 5. The van der Waals surface area contributed by atoms with Crippen molar-refractivity contribution in [3.8, 4) is 0 Å². The average Bonchev–Trinajstić information content (AvgIpc) is 1.93. The van der Waals surface area contributed by atoms with Gasteiger partial charge in [-0.3, -0.25) is 9.98 Å². The predicted octanol–water partition coefficient (Wildman–Crippen LogP) is 11.0. The van der Waals surface area contributed by atoms with Gasteiger partial charge in [0.15, 0.2) is 0 Å². The van der Waals surface area contributed by atoms with E-state index in [-0.39, 0.29) is 23.3 Å². The lowest BCUT2D eigenvalue weighted by atomic mass is 9.81. The van der Waals surface area contributed by atoms with Crippen LogP contribution >= 0.6 is 11.8 Å². The SMILES string of the molecule is CCC1=C(C)C2=NC1/C=c1\[nH]/c(c(CC)c1C)=C\c1[nH]c(c(C)c1CC)C=c1[nH]c(c(C)c1CC)=C2C1=CC=CC2c3cccc(C4=c5[nH]c(c(CC)c5C)=Cc5[nH]c(c(CC)c5C)/C=c5\[nH]/c(c(C)c5CC)=C\C5N=C4C(C)=C5CC)c3SC12. The number of aliphatic imine (C=N–C) groups is 2. The third kappa shape index (κ3) is 8.74. The number of hydrogen-bond acceptors (Lipinski definition) is 3. The standard InChI is InChI=1S/C76H86N8S/c1-17-45-37(9)57-31-65-49(21-5)41(13)71(81-65)69(72-42(14)50(22-6)66(82-72)32-58-38(10)46(18-2)62(78-58)35-61(45)77-57)55-29-25-27-53-54-28-26-30-56(76(54)85-75(53)55)70-73-43(15)51(23-7)67(83-73)33-59-39(11)47(19-3)63(79-59)36-64-48(20-4)40(12)60(80-64)34-68-52(24-8)44(16)74(70)84-68/h25-36,53,65,67,75,77-80,82,84H,17-24H2,1-16H3/b57-31-,59-33-,61-35-,63-36-,66-32?,68-34?,72-69?,74-70?. The fourth-order valence-electron chi connectivity index (χ4n) is 16.0. The first-order valence-corrected chi connectivity index (χ1v) is 32.8. The van der Waals surface area contributed by atoms with Gasteiger partial charge < -0.3 is 29.9 Å². The summed E-state index contributed by atoms with van der Waals surface area (Å²) in [5.41, 5.74) is 34.4. The van der Waals surface area contributed by atoms with Crippen LogP contribution in [0.25, 0.3) is 47.6 Å². The molecule has 0 radical (unpaired) electrons. The van der Waals surface area contributed by atoms with Crippen LogP contribution < -0.4 is 42.8 Å². The molecule has 0 saturated carbocycles. The van der Waals surface area contributed by atoms with Crippen molar-refractivity contribution in [2.75, 3.05) is 0 Å². The quantitative estimate of drug-likeness (QED) is 0.0804. The minimum Gasteiger partial charge on any atom is -0.355 e. The van der Waals surface area contributed by atoms with Crippen molar-refractivity contribution in [2.45, 2.75) is 190 Å². The molecular formula is C76H86N8S. The molecule has 0 fully saturated rings. The van der Waals surface area contributed by atoms with Gasteiger partial charge in [0.1, 0.15) is 0 Å². The van der Waals surface area contributed by atoms with Gasteiger partial charge in [-0.25, -0.2) is 0 Å². The number of fused-ring (bicyclic) bond motifs is 17. The van der Waals surface area contributed by atoms with Crippen molar-refractivity contribution in [3.63, 3.8) is 0 Å². The van der Waals surface area contributed by atoms with Crippen molar-refractivity contribution in [1.82, 2.24) is 29.9 Å². The third-order valence-electron chi connectivity index (χ3n) is 20.6. The Bertz CT molecular complexity index is 4770. The van der Waals surface area contributed by atoms with Crippen molar-refractivity contribution in [1.29, 1.82) is 0 Å². The number of nitrogens with one attached hydrogen (secondary N) is 6. The maximum absolute atomic E-state index is 5.94. The fourth-order valence-corrected chi connectivity index (χ4v) is 17.6. The van der Waals surface area contributed by atoms with Gasteiger partial charge in [-0.2, -0.15) is 0 Å². The van der Waals surface area contributed by atoms with E-state index >= 15 is 0 Å². The summed E-state index contributed by atoms with van der Waals surface area (Å²) in [7, 11) is 0. The van der Waals surface area contributed by atoms with Crippen LogP contribution in [0.2, 0.25) is 0 Å². The Morgan fingerprint density at radius 3 is 1.34 bits per heavy atom. The highest BCUT2D eigenvalue weighted by Gasteiger charge is 2.42.